The average Bonchev–Trinajstić information content (AvgIpc) is 3.07. The summed E-state index contributed by atoms with van der Waals surface area (Å²) in [6, 6.07) is 31.8. The van der Waals surface area contributed by atoms with Gasteiger partial charge in [0.2, 0.25) is 0 Å². The summed E-state index contributed by atoms with van der Waals surface area (Å²) in [4.78, 5) is 14.9. The van der Waals surface area contributed by atoms with Crippen molar-refractivity contribution in [2.24, 2.45) is 5.92 Å². The maximum absolute atomic E-state index is 5.29. The van der Waals surface area contributed by atoms with E-state index in [0.29, 0.717) is 11.8 Å². The van der Waals surface area contributed by atoms with Gasteiger partial charge in [-0.15, -0.1) is 0 Å². The highest BCUT2D eigenvalue weighted by Crippen LogP contribution is 2.49. The highest BCUT2D eigenvalue weighted by Gasteiger charge is 2.33. The van der Waals surface area contributed by atoms with E-state index in [-0.39, 0.29) is 0 Å². The number of allylic oxidation sites excluding steroid dienone is 6. The van der Waals surface area contributed by atoms with Crippen molar-refractivity contribution < 1.29 is 0 Å². The van der Waals surface area contributed by atoms with Gasteiger partial charge in [0.1, 0.15) is 0 Å². The zero-order valence-electron chi connectivity index (χ0n) is 22.8. The predicted octanol–water partition coefficient (Wildman–Crippen LogP) is 9.43. The number of aromatic nitrogens is 3. The molecule has 3 aliphatic rings. The van der Waals surface area contributed by atoms with E-state index in [1.54, 1.807) is 0 Å². The minimum absolute atomic E-state index is 0.379. The second kappa shape index (κ2) is 9.05. The van der Waals surface area contributed by atoms with Crippen LogP contribution in [-0.2, 0) is 0 Å². The first-order valence-electron chi connectivity index (χ1n) is 14.4. The first-order valence-corrected chi connectivity index (χ1v) is 14.4. The van der Waals surface area contributed by atoms with Gasteiger partial charge >= 0.3 is 0 Å². The summed E-state index contributed by atoms with van der Waals surface area (Å²) in [6.45, 7) is 0. The van der Waals surface area contributed by atoms with Crippen LogP contribution in [0.2, 0.25) is 0 Å². The van der Waals surface area contributed by atoms with Crippen molar-refractivity contribution in [2.75, 3.05) is 0 Å². The monoisotopic (exact) mass is 535 g/mol. The molecule has 2 unspecified atom stereocenters. The molecular weight excluding hydrogens is 510 g/mol. The molecule has 3 heterocycles. The van der Waals surface area contributed by atoms with Crippen LogP contribution in [0.1, 0.15) is 22.6 Å². The summed E-state index contributed by atoms with van der Waals surface area (Å²) < 4.78 is 0. The molecule has 2 atom stereocenters. The van der Waals surface area contributed by atoms with E-state index in [1.807, 2.05) is 24.4 Å². The number of benzene rings is 3. The van der Waals surface area contributed by atoms with Crippen molar-refractivity contribution in [1.82, 2.24) is 15.0 Å². The largest absolute Gasteiger partial charge is 0.256 e. The maximum atomic E-state index is 5.29. The van der Waals surface area contributed by atoms with Crippen molar-refractivity contribution >= 4 is 34.0 Å². The van der Waals surface area contributed by atoms with Gasteiger partial charge < -0.3 is 0 Å². The Kier molecular flexibility index (Phi) is 5.02. The number of fused-ring (bicyclic) bond motifs is 3. The molecule has 0 bridgehead atoms. The van der Waals surface area contributed by atoms with Gasteiger partial charge in [0.25, 0.3) is 0 Å². The van der Waals surface area contributed by atoms with Crippen LogP contribution < -0.4 is 0 Å². The van der Waals surface area contributed by atoms with Crippen LogP contribution in [0.3, 0.4) is 0 Å². The SMILES string of the molecule is C1=CC2C=Cc3c(-c4ccc5ccc6ccc(-c7ccc(-c8ccccn8)cc7)nc6c5n4)ccc4c3C2C(=C1)C=C4. The van der Waals surface area contributed by atoms with E-state index in [2.05, 4.69) is 120 Å². The molecule has 0 spiro atoms. The highest BCUT2D eigenvalue weighted by atomic mass is 14.8. The van der Waals surface area contributed by atoms with Crippen LogP contribution in [0.4, 0.5) is 0 Å². The number of nitrogens with zero attached hydrogens (tertiary/aromatic N) is 3. The van der Waals surface area contributed by atoms with Gasteiger partial charge in [-0.2, -0.15) is 0 Å². The number of rotatable bonds is 3. The van der Waals surface area contributed by atoms with E-state index >= 15 is 0 Å². The molecule has 0 aliphatic heterocycles. The smallest absolute Gasteiger partial charge is 0.0972 e. The van der Waals surface area contributed by atoms with Crippen molar-refractivity contribution in [2.45, 2.75) is 5.92 Å². The van der Waals surface area contributed by atoms with Crippen LogP contribution in [0.15, 0.2) is 133 Å². The van der Waals surface area contributed by atoms with E-state index in [4.69, 9.17) is 9.97 Å². The molecule has 3 aromatic heterocycles. The number of hydrogen-bond acceptors (Lipinski definition) is 3. The van der Waals surface area contributed by atoms with E-state index in [1.165, 1.54) is 27.8 Å². The first-order chi connectivity index (χ1) is 20.8. The maximum Gasteiger partial charge on any atom is 0.0972 e. The molecule has 0 fully saturated rings. The lowest BCUT2D eigenvalue weighted by Crippen LogP contribution is -2.21. The lowest BCUT2D eigenvalue weighted by molar-refractivity contribution is 0.665. The van der Waals surface area contributed by atoms with Gasteiger partial charge in [-0.25, -0.2) is 9.97 Å². The quantitative estimate of drug-likeness (QED) is 0.212. The minimum Gasteiger partial charge on any atom is -0.256 e. The lowest BCUT2D eigenvalue weighted by atomic mass is 9.68. The molecule has 196 valence electrons. The summed E-state index contributed by atoms with van der Waals surface area (Å²) in [5.41, 5.74) is 13.5. The summed E-state index contributed by atoms with van der Waals surface area (Å²) in [5, 5.41) is 2.18. The molecule has 6 aromatic rings. The zero-order valence-corrected chi connectivity index (χ0v) is 22.8. The third-order valence-electron chi connectivity index (χ3n) is 8.88. The van der Waals surface area contributed by atoms with Crippen LogP contribution in [0.5, 0.6) is 0 Å². The molecule has 0 saturated heterocycles. The molecule has 3 aromatic carbocycles. The van der Waals surface area contributed by atoms with Gasteiger partial charge in [-0.1, -0.05) is 109 Å². The van der Waals surface area contributed by atoms with Gasteiger partial charge in [0.05, 0.1) is 28.1 Å². The van der Waals surface area contributed by atoms with E-state index in [0.717, 1.165) is 50.0 Å². The normalized spacial score (nSPS) is 17.9. The Morgan fingerprint density at radius 3 is 2.10 bits per heavy atom. The second-order valence-electron chi connectivity index (χ2n) is 11.2. The standard InChI is InChI=1S/C39H25N3/c1-2-23-40-33(6-1)24-7-9-25(10-8-24)34-21-17-29-13-14-30-18-22-35(42-39(30)38(29)41-34)31-19-15-28-12-11-26-4-3-5-27-16-20-32(31)37(28)36(26)27/h1-23,27,36H. The molecule has 9 rings (SSSR count). The molecule has 42 heavy (non-hydrogen) atoms. The fourth-order valence-corrected chi connectivity index (χ4v) is 6.79. The zero-order chi connectivity index (χ0) is 27.6. The Hall–Kier alpha value is -5.41. The Balaban J connectivity index is 1.17. The topological polar surface area (TPSA) is 38.7 Å². The van der Waals surface area contributed by atoms with Gasteiger partial charge in [0.15, 0.2) is 0 Å². The molecule has 3 nitrogen and oxygen atoms in total. The molecule has 0 amide bonds. The fraction of sp³-hybridized carbons (Fsp3) is 0.0513. The van der Waals surface area contributed by atoms with Crippen molar-refractivity contribution in [1.29, 1.82) is 0 Å². The summed E-state index contributed by atoms with van der Waals surface area (Å²) in [6.07, 6.45) is 17.8. The fourth-order valence-electron chi connectivity index (χ4n) is 6.79. The van der Waals surface area contributed by atoms with Gasteiger partial charge in [-0.05, 0) is 46.5 Å². The Labute approximate surface area is 243 Å². The van der Waals surface area contributed by atoms with Crippen LogP contribution in [-0.4, -0.2) is 15.0 Å². The molecular formula is C39H25N3. The van der Waals surface area contributed by atoms with E-state index in [9.17, 15) is 0 Å². The first kappa shape index (κ1) is 23.3. The Bertz CT molecular complexity index is 2180. The summed E-state index contributed by atoms with van der Waals surface area (Å²) in [5.74, 6) is 0.787. The number of hydrogen-bond donors (Lipinski definition) is 0. The van der Waals surface area contributed by atoms with Crippen molar-refractivity contribution in [3.8, 4) is 33.8 Å². The van der Waals surface area contributed by atoms with Gasteiger partial charge in [-0.3, -0.25) is 4.98 Å². The van der Waals surface area contributed by atoms with Crippen LogP contribution >= 0.6 is 0 Å². The molecule has 0 N–H and O–H groups in total. The van der Waals surface area contributed by atoms with Gasteiger partial charge in [0, 0.05) is 45.5 Å². The van der Waals surface area contributed by atoms with E-state index < -0.39 is 0 Å². The van der Waals surface area contributed by atoms with Crippen LogP contribution in [0, 0.1) is 5.92 Å². The Morgan fingerprint density at radius 2 is 1.31 bits per heavy atom. The second-order valence-corrected chi connectivity index (χ2v) is 11.2. The van der Waals surface area contributed by atoms with Crippen molar-refractivity contribution in [3.63, 3.8) is 0 Å². The van der Waals surface area contributed by atoms with Crippen molar-refractivity contribution in [3.05, 3.63) is 150 Å². The third-order valence-corrected chi connectivity index (χ3v) is 8.88. The predicted molar refractivity (Wildman–Crippen MR) is 173 cm³/mol. The highest BCUT2D eigenvalue weighted by molar-refractivity contribution is 6.04. The summed E-state index contributed by atoms with van der Waals surface area (Å²) in [7, 11) is 0. The number of pyridine rings is 3. The minimum atomic E-state index is 0.379. The Morgan fingerprint density at radius 1 is 0.571 bits per heavy atom. The molecule has 0 radical (unpaired) electrons. The lowest BCUT2D eigenvalue weighted by Gasteiger charge is -2.35. The molecule has 0 saturated carbocycles. The van der Waals surface area contributed by atoms with Crippen LogP contribution in [0.25, 0.3) is 67.7 Å². The molecule has 3 aliphatic carbocycles. The summed E-state index contributed by atoms with van der Waals surface area (Å²) >= 11 is 0. The third kappa shape index (κ3) is 3.57. The average molecular weight is 536 g/mol. The molecule has 3 heteroatoms.